The minimum absolute atomic E-state index is 0.197. The van der Waals surface area contributed by atoms with Crippen molar-refractivity contribution in [1.82, 2.24) is 4.90 Å². The first-order valence-corrected chi connectivity index (χ1v) is 6.61. The van der Waals surface area contributed by atoms with Crippen LogP contribution in [0.1, 0.15) is 16.5 Å². The number of hydrogen-bond donors (Lipinski definition) is 1. The van der Waals surface area contributed by atoms with Gasteiger partial charge in [0.15, 0.2) is 0 Å². The molecule has 2 aromatic rings. The van der Waals surface area contributed by atoms with Crippen molar-refractivity contribution in [3.05, 3.63) is 45.5 Å². The predicted molar refractivity (Wildman–Crippen MR) is 71.3 cm³/mol. The Morgan fingerprint density at radius 1 is 1.59 bits per heavy atom. The third-order valence-corrected chi connectivity index (χ3v) is 4.07. The van der Waals surface area contributed by atoms with Gasteiger partial charge in [0.2, 0.25) is 0 Å². The molecule has 1 unspecified atom stereocenters. The molecule has 0 aliphatic carbocycles. The van der Waals surface area contributed by atoms with Crippen LogP contribution >= 0.6 is 22.9 Å². The van der Waals surface area contributed by atoms with E-state index in [-0.39, 0.29) is 6.04 Å². The second-order valence-electron chi connectivity index (χ2n) is 3.97. The molecule has 17 heavy (non-hydrogen) atoms. The summed E-state index contributed by atoms with van der Waals surface area (Å²) < 4.78 is 5.06. The maximum absolute atomic E-state index is 5.94. The zero-order chi connectivity index (χ0) is 12.3. The molecule has 0 radical (unpaired) electrons. The fraction of sp³-hybridized carbons (Fsp3) is 0.333. The van der Waals surface area contributed by atoms with Gasteiger partial charge in [0.25, 0.3) is 0 Å². The molecule has 5 heteroatoms. The van der Waals surface area contributed by atoms with Crippen molar-refractivity contribution in [3.63, 3.8) is 0 Å². The Morgan fingerprint density at radius 2 is 2.41 bits per heavy atom. The normalized spacial score (nSPS) is 13.2. The highest BCUT2D eigenvalue weighted by molar-refractivity contribution is 7.10. The summed E-state index contributed by atoms with van der Waals surface area (Å²) in [5, 5.41) is 2.71. The first-order valence-electron chi connectivity index (χ1n) is 5.36. The smallest absolute Gasteiger partial charge is 0.0947 e. The Kier molecular flexibility index (Phi) is 4.23. The van der Waals surface area contributed by atoms with Crippen molar-refractivity contribution in [2.45, 2.75) is 12.6 Å². The maximum atomic E-state index is 5.94. The quantitative estimate of drug-likeness (QED) is 0.908. The molecule has 0 spiro atoms. The number of nitrogens with zero attached hydrogens (tertiary/aromatic N) is 1. The fourth-order valence-corrected chi connectivity index (χ4v) is 3.06. The van der Waals surface area contributed by atoms with Gasteiger partial charge in [-0.3, -0.25) is 4.90 Å². The third-order valence-electron chi connectivity index (χ3n) is 2.68. The Bertz CT molecular complexity index is 455. The number of rotatable bonds is 5. The van der Waals surface area contributed by atoms with Crippen molar-refractivity contribution in [3.8, 4) is 0 Å². The molecule has 1 atom stereocenters. The van der Waals surface area contributed by atoms with Crippen LogP contribution in [0, 0.1) is 0 Å². The van der Waals surface area contributed by atoms with Crippen molar-refractivity contribution < 1.29 is 4.42 Å². The molecule has 2 aromatic heterocycles. The average molecular weight is 271 g/mol. The topological polar surface area (TPSA) is 42.4 Å². The van der Waals surface area contributed by atoms with E-state index in [0.29, 0.717) is 6.54 Å². The Morgan fingerprint density at radius 3 is 2.94 bits per heavy atom. The summed E-state index contributed by atoms with van der Waals surface area (Å²) in [5.74, 6) is 0. The van der Waals surface area contributed by atoms with Crippen molar-refractivity contribution in [2.24, 2.45) is 5.73 Å². The standard InChI is InChI=1S/C12H15ClN2OS/c1-15(6-9-2-3-16-7-9)11(5-14)12-4-10(13)8-17-12/h2-4,7-8,11H,5-6,14H2,1H3. The summed E-state index contributed by atoms with van der Waals surface area (Å²) in [4.78, 5) is 3.40. The lowest BCUT2D eigenvalue weighted by Gasteiger charge is -2.25. The summed E-state index contributed by atoms with van der Waals surface area (Å²) in [6, 6.07) is 4.14. The van der Waals surface area contributed by atoms with Crippen molar-refractivity contribution in [2.75, 3.05) is 13.6 Å². The SMILES string of the molecule is CN(Cc1ccoc1)C(CN)c1cc(Cl)cs1. The van der Waals surface area contributed by atoms with E-state index in [2.05, 4.69) is 11.9 Å². The van der Waals surface area contributed by atoms with Gasteiger partial charge in [-0.15, -0.1) is 11.3 Å². The molecule has 0 aliphatic rings. The van der Waals surface area contributed by atoms with Gasteiger partial charge in [0, 0.05) is 28.9 Å². The van der Waals surface area contributed by atoms with Crippen molar-refractivity contribution >= 4 is 22.9 Å². The molecule has 0 saturated heterocycles. The number of halogens is 1. The monoisotopic (exact) mass is 270 g/mol. The van der Waals surface area contributed by atoms with E-state index in [4.69, 9.17) is 21.8 Å². The number of likely N-dealkylation sites (N-methyl/N-ethyl adjacent to an activating group) is 1. The first kappa shape index (κ1) is 12.6. The van der Waals surface area contributed by atoms with Crippen LogP contribution in [0.15, 0.2) is 34.5 Å². The molecule has 0 bridgehead atoms. The minimum atomic E-state index is 0.197. The average Bonchev–Trinajstić information content (AvgIpc) is 2.91. The van der Waals surface area contributed by atoms with Gasteiger partial charge in [-0.25, -0.2) is 0 Å². The molecule has 0 saturated carbocycles. The molecular formula is C12H15ClN2OS. The van der Waals surface area contributed by atoms with Gasteiger partial charge in [-0.1, -0.05) is 11.6 Å². The molecule has 2 heterocycles. The summed E-state index contributed by atoms with van der Waals surface area (Å²) in [7, 11) is 2.05. The summed E-state index contributed by atoms with van der Waals surface area (Å²) in [6.45, 7) is 1.39. The van der Waals surface area contributed by atoms with Crippen molar-refractivity contribution in [1.29, 1.82) is 0 Å². The summed E-state index contributed by atoms with van der Waals surface area (Å²) in [6.07, 6.45) is 3.44. The van der Waals surface area contributed by atoms with Crippen LogP contribution in [0.4, 0.5) is 0 Å². The van der Waals surface area contributed by atoms with Gasteiger partial charge in [0.1, 0.15) is 0 Å². The van der Waals surface area contributed by atoms with E-state index in [9.17, 15) is 0 Å². The lowest BCUT2D eigenvalue weighted by molar-refractivity contribution is 0.244. The van der Waals surface area contributed by atoms with Crippen LogP contribution in [0.25, 0.3) is 0 Å². The minimum Gasteiger partial charge on any atom is -0.472 e. The Balaban J connectivity index is 2.07. The number of furan rings is 1. The predicted octanol–water partition coefficient (Wildman–Crippen LogP) is 3.13. The van der Waals surface area contributed by atoms with E-state index in [1.54, 1.807) is 23.9 Å². The number of thiophene rings is 1. The zero-order valence-corrected chi connectivity index (χ0v) is 11.2. The molecule has 3 nitrogen and oxygen atoms in total. The Labute approximate surface area is 110 Å². The molecule has 0 amide bonds. The van der Waals surface area contributed by atoms with E-state index in [0.717, 1.165) is 17.1 Å². The van der Waals surface area contributed by atoms with E-state index < -0.39 is 0 Å². The summed E-state index contributed by atoms with van der Waals surface area (Å²) in [5.41, 5.74) is 6.99. The maximum Gasteiger partial charge on any atom is 0.0947 e. The highest BCUT2D eigenvalue weighted by Crippen LogP contribution is 2.28. The highest BCUT2D eigenvalue weighted by atomic mass is 35.5. The molecule has 0 aliphatic heterocycles. The fourth-order valence-electron chi connectivity index (χ4n) is 1.80. The van der Waals surface area contributed by atoms with Crippen LogP contribution in [-0.4, -0.2) is 18.5 Å². The second kappa shape index (κ2) is 5.69. The zero-order valence-electron chi connectivity index (χ0n) is 9.60. The van der Waals surface area contributed by atoms with Gasteiger partial charge in [0.05, 0.1) is 23.6 Å². The van der Waals surface area contributed by atoms with E-state index >= 15 is 0 Å². The van der Waals surface area contributed by atoms with E-state index in [1.807, 2.05) is 17.5 Å². The number of hydrogen-bond acceptors (Lipinski definition) is 4. The third kappa shape index (κ3) is 3.10. The second-order valence-corrected chi connectivity index (χ2v) is 5.34. The molecule has 2 rings (SSSR count). The van der Waals surface area contributed by atoms with Crippen LogP contribution in [0.2, 0.25) is 5.02 Å². The lowest BCUT2D eigenvalue weighted by Crippen LogP contribution is -2.29. The molecular weight excluding hydrogens is 256 g/mol. The van der Waals surface area contributed by atoms with Gasteiger partial charge in [-0.05, 0) is 19.2 Å². The van der Waals surface area contributed by atoms with E-state index in [1.165, 1.54) is 4.88 Å². The molecule has 0 fully saturated rings. The highest BCUT2D eigenvalue weighted by Gasteiger charge is 2.17. The van der Waals surface area contributed by atoms with Gasteiger partial charge >= 0.3 is 0 Å². The van der Waals surface area contributed by atoms with Crippen LogP contribution in [0.5, 0.6) is 0 Å². The van der Waals surface area contributed by atoms with Gasteiger partial charge < -0.3 is 10.2 Å². The number of nitrogens with two attached hydrogens (primary N) is 1. The molecule has 0 aromatic carbocycles. The summed E-state index contributed by atoms with van der Waals surface area (Å²) >= 11 is 7.59. The Hall–Kier alpha value is -0.810. The first-order chi connectivity index (χ1) is 8.20. The van der Waals surface area contributed by atoms with Gasteiger partial charge in [-0.2, -0.15) is 0 Å². The van der Waals surface area contributed by atoms with Crippen LogP contribution < -0.4 is 5.73 Å². The lowest BCUT2D eigenvalue weighted by atomic mass is 10.2. The molecule has 92 valence electrons. The van der Waals surface area contributed by atoms with Crippen LogP contribution in [-0.2, 0) is 6.54 Å². The van der Waals surface area contributed by atoms with Crippen LogP contribution in [0.3, 0.4) is 0 Å². The molecule has 2 N–H and O–H groups in total. The largest absolute Gasteiger partial charge is 0.472 e.